The molecule has 1 aromatic heterocycles. The summed E-state index contributed by atoms with van der Waals surface area (Å²) in [4.78, 5) is 6.04. The number of terminal acetylenes is 1. The van der Waals surface area contributed by atoms with Crippen LogP contribution in [0.15, 0.2) is 97.3 Å². The second-order valence-electron chi connectivity index (χ2n) is 6.37. The van der Waals surface area contributed by atoms with Gasteiger partial charge in [-0.25, -0.2) is 0 Å². The van der Waals surface area contributed by atoms with Crippen molar-refractivity contribution in [1.29, 1.82) is 0 Å². The van der Waals surface area contributed by atoms with Crippen LogP contribution in [0.2, 0.25) is 0 Å². The lowest BCUT2D eigenvalue weighted by Crippen LogP contribution is -2.16. The van der Waals surface area contributed by atoms with E-state index in [1.54, 1.807) is 18.6 Å². The molecule has 1 aromatic carbocycles. The molecule has 1 N–H and O–H groups in total. The number of rotatable bonds is 9. The highest BCUT2D eigenvalue weighted by atomic mass is 15.1. The minimum atomic E-state index is 0.778. The molecule has 0 aliphatic rings. The summed E-state index contributed by atoms with van der Waals surface area (Å²) in [7, 11) is 0. The molecule has 0 bridgehead atoms. The largest absolute Gasteiger partial charge is 0.385 e. The van der Waals surface area contributed by atoms with E-state index >= 15 is 0 Å². The molecular formula is C25H27N3. The fraction of sp³-hybridized carbons (Fsp3) is 0.160. The molecule has 0 aliphatic carbocycles. The van der Waals surface area contributed by atoms with E-state index < -0.39 is 0 Å². The quantitative estimate of drug-likeness (QED) is 0.489. The zero-order valence-electron chi connectivity index (χ0n) is 16.7. The van der Waals surface area contributed by atoms with Gasteiger partial charge in [0.05, 0.1) is 0 Å². The average Bonchev–Trinajstić information content (AvgIpc) is 2.71. The molecule has 2 rings (SSSR count). The van der Waals surface area contributed by atoms with E-state index in [9.17, 15) is 0 Å². The number of hydrogen-bond acceptors (Lipinski definition) is 3. The Morgan fingerprint density at radius 1 is 1.21 bits per heavy atom. The Morgan fingerprint density at radius 2 is 1.93 bits per heavy atom. The molecule has 0 unspecified atom stereocenters. The van der Waals surface area contributed by atoms with E-state index in [2.05, 4.69) is 48.4 Å². The van der Waals surface area contributed by atoms with E-state index in [0.29, 0.717) is 0 Å². The Hall–Kier alpha value is -3.51. The van der Waals surface area contributed by atoms with E-state index in [0.717, 1.165) is 41.2 Å². The van der Waals surface area contributed by atoms with Gasteiger partial charge in [-0.05, 0) is 61.7 Å². The SMILES string of the molecule is C#CC(/C=C\C(=C)NCCc1ccncc1)=C(/C)N(C=C)c1ccccc1C. The third-order valence-corrected chi connectivity index (χ3v) is 4.43. The van der Waals surface area contributed by atoms with Crippen LogP contribution < -0.4 is 10.2 Å². The average molecular weight is 370 g/mol. The van der Waals surface area contributed by atoms with Crippen molar-refractivity contribution in [3.05, 3.63) is 108 Å². The minimum Gasteiger partial charge on any atom is -0.385 e. The van der Waals surface area contributed by atoms with Crippen molar-refractivity contribution in [3.63, 3.8) is 0 Å². The van der Waals surface area contributed by atoms with Crippen LogP contribution in [0.3, 0.4) is 0 Å². The number of aryl methyl sites for hydroxylation is 1. The van der Waals surface area contributed by atoms with Gasteiger partial charge in [0, 0.05) is 47.8 Å². The zero-order valence-corrected chi connectivity index (χ0v) is 16.7. The number of para-hydroxylation sites is 1. The molecule has 0 saturated carbocycles. The van der Waals surface area contributed by atoms with Crippen molar-refractivity contribution in [3.8, 4) is 12.3 Å². The number of hydrogen-bond donors (Lipinski definition) is 1. The van der Waals surface area contributed by atoms with Crippen LogP contribution in [0, 0.1) is 19.3 Å². The van der Waals surface area contributed by atoms with E-state index in [1.165, 1.54) is 5.56 Å². The molecule has 0 radical (unpaired) electrons. The lowest BCUT2D eigenvalue weighted by molar-refractivity contribution is 0.806. The summed E-state index contributed by atoms with van der Waals surface area (Å²) in [5.41, 5.74) is 5.98. The molecule has 0 aliphatic heterocycles. The number of anilines is 1. The van der Waals surface area contributed by atoms with Crippen molar-refractivity contribution < 1.29 is 0 Å². The zero-order chi connectivity index (χ0) is 20.4. The van der Waals surface area contributed by atoms with E-state index in [-0.39, 0.29) is 0 Å². The van der Waals surface area contributed by atoms with E-state index in [1.807, 2.05) is 48.2 Å². The van der Waals surface area contributed by atoms with Gasteiger partial charge in [0.15, 0.2) is 0 Å². The molecule has 3 heteroatoms. The van der Waals surface area contributed by atoms with Gasteiger partial charge in [-0.3, -0.25) is 4.98 Å². The number of allylic oxidation sites excluding steroid dienone is 4. The molecule has 0 fully saturated rings. The van der Waals surface area contributed by atoms with Gasteiger partial charge >= 0.3 is 0 Å². The summed E-state index contributed by atoms with van der Waals surface area (Å²) in [6, 6.07) is 12.2. The topological polar surface area (TPSA) is 28.2 Å². The lowest BCUT2D eigenvalue weighted by atomic mass is 10.1. The summed E-state index contributed by atoms with van der Waals surface area (Å²) in [6.07, 6.45) is 15.9. The van der Waals surface area contributed by atoms with Crippen LogP contribution in [0.25, 0.3) is 0 Å². The first-order valence-corrected chi connectivity index (χ1v) is 9.21. The number of benzene rings is 1. The number of pyridine rings is 1. The molecule has 3 nitrogen and oxygen atoms in total. The van der Waals surface area contributed by atoms with Gasteiger partial charge in [-0.15, -0.1) is 6.42 Å². The Bertz CT molecular complexity index is 914. The Balaban J connectivity index is 2.06. The van der Waals surface area contributed by atoms with Crippen molar-refractivity contribution in [1.82, 2.24) is 10.3 Å². The van der Waals surface area contributed by atoms with Gasteiger partial charge in [-0.2, -0.15) is 0 Å². The molecule has 0 saturated heterocycles. The number of aromatic nitrogens is 1. The molecule has 0 spiro atoms. The predicted octanol–water partition coefficient (Wildman–Crippen LogP) is 5.15. The minimum absolute atomic E-state index is 0.778. The molecule has 0 amide bonds. The van der Waals surface area contributed by atoms with Crippen molar-refractivity contribution in [2.75, 3.05) is 11.4 Å². The second kappa shape index (κ2) is 10.6. The van der Waals surface area contributed by atoms with Crippen LogP contribution in [0.4, 0.5) is 5.69 Å². The van der Waals surface area contributed by atoms with Crippen LogP contribution in [0.5, 0.6) is 0 Å². The standard InChI is InChI=1S/C25H27N3/c1-6-24(22(5)28(7-2)25-11-9-8-10-20(25)3)13-12-21(4)27-19-16-23-14-17-26-18-15-23/h1,7-15,17-18,27H,2,4,16,19H2,3,5H3/b13-12-,24-22+. The number of nitrogens with zero attached hydrogens (tertiary/aromatic N) is 2. The highest BCUT2D eigenvalue weighted by Crippen LogP contribution is 2.25. The third-order valence-electron chi connectivity index (χ3n) is 4.43. The highest BCUT2D eigenvalue weighted by Gasteiger charge is 2.10. The van der Waals surface area contributed by atoms with Crippen molar-refractivity contribution in [2.24, 2.45) is 0 Å². The lowest BCUT2D eigenvalue weighted by Gasteiger charge is -2.23. The molecule has 2 aromatic rings. The normalized spacial score (nSPS) is 11.5. The van der Waals surface area contributed by atoms with Crippen LogP contribution in [0.1, 0.15) is 18.1 Å². The van der Waals surface area contributed by atoms with Gasteiger partial charge in [0.2, 0.25) is 0 Å². The third kappa shape index (κ3) is 5.75. The van der Waals surface area contributed by atoms with Crippen LogP contribution in [-0.4, -0.2) is 11.5 Å². The first-order chi connectivity index (χ1) is 13.6. The first kappa shape index (κ1) is 20.8. The smallest absolute Gasteiger partial charge is 0.0481 e. The van der Waals surface area contributed by atoms with Gasteiger partial charge in [0.25, 0.3) is 0 Å². The Labute approximate surface area is 168 Å². The van der Waals surface area contributed by atoms with Crippen molar-refractivity contribution >= 4 is 5.69 Å². The first-order valence-electron chi connectivity index (χ1n) is 9.21. The molecule has 28 heavy (non-hydrogen) atoms. The van der Waals surface area contributed by atoms with Gasteiger partial charge in [0.1, 0.15) is 0 Å². The van der Waals surface area contributed by atoms with Crippen molar-refractivity contribution in [2.45, 2.75) is 20.3 Å². The summed E-state index contributed by atoms with van der Waals surface area (Å²) in [5, 5.41) is 3.31. The molecular weight excluding hydrogens is 342 g/mol. The summed E-state index contributed by atoms with van der Waals surface area (Å²) >= 11 is 0. The molecule has 1 heterocycles. The van der Waals surface area contributed by atoms with Crippen LogP contribution in [-0.2, 0) is 6.42 Å². The summed E-state index contributed by atoms with van der Waals surface area (Å²) < 4.78 is 0. The maximum Gasteiger partial charge on any atom is 0.0481 e. The fourth-order valence-corrected chi connectivity index (χ4v) is 2.81. The Morgan fingerprint density at radius 3 is 2.57 bits per heavy atom. The molecule has 142 valence electrons. The van der Waals surface area contributed by atoms with Gasteiger partial charge < -0.3 is 10.2 Å². The predicted molar refractivity (Wildman–Crippen MR) is 120 cm³/mol. The maximum absolute atomic E-state index is 5.77. The summed E-state index contributed by atoms with van der Waals surface area (Å²) in [5.74, 6) is 2.77. The van der Waals surface area contributed by atoms with Gasteiger partial charge in [-0.1, -0.05) is 37.3 Å². The molecule has 0 atom stereocenters. The monoisotopic (exact) mass is 369 g/mol. The Kier molecular flexibility index (Phi) is 7.87. The maximum atomic E-state index is 5.77. The fourth-order valence-electron chi connectivity index (χ4n) is 2.81. The summed E-state index contributed by atoms with van der Waals surface area (Å²) in [6.45, 7) is 12.9. The van der Waals surface area contributed by atoms with E-state index in [4.69, 9.17) is 6.42 Å². The van der Waals surface area contributed by atoms with Crippen LogP contribution >= 0.6 is 0 Å². The second-order valence-corrected chi connectivity index (χ2v) is 6.37. The number of nitrogens with one attached hydrogen (secondary N) is 1. The highest BCUT2D eigenvalue weighted by molar-refractivity contribution is 5.62.